The average molecular weight is 350 g/mol. The Labute approximate surface area is 144 Å². The highest BCUT2D eigenvalue weighted by atomic mass is 32.2. The van der Waals surface area contributed by atoms with Crippen molar-refractivity contribution in [3.05, 3.63) is 35.9 Å². The van der Waals surface area contributed by atoms with Gasteiger partial charge in [0, 0.05) is 19.1 Å². The lowest BCUT2D eigenvalue weighted by atomic mass is 9.98. The number of aryl methyl sites for hydroxylation is 1. The zero-order valence-electron chi connectivity index (χ0n) is 13.9. The van der Waals surface area contributed by atoms with Crippen LogP contribution in [0.2, 0.25) is 0 Å². The molecule has 3 atom stereocenters. The predicted molar refractivity (Wildman–Crippen MR) is 94.2 cm³/mol. The van der Waals surface area contributed by atoms with Crippen molar-refractivity contribution in [3.63, 3.8) is 0 Å². The maximum atomic E-state index is 12.3. The molecule has 1 saturated carbocycles. The van der Waals surface area contributed by atoms with Gasteiger partial charge >= 0.3 is 0 Å². The summed E-state index contributed by atoms with van der Waals surface area (Å²) in [7, 11) is -3.35. The fourth-order valence-electron chi connectivity index (χ4n) is 4.00. The third-order valence-corrected chi connectivity index (χ3v) is 6.97. The molecule has 0 aromatic heterocycles. The van der Waals surface area contributed by atoms with Gasteiger partial charge in [-0.2, -0.15) is 0 Å². The summed E-state index contributed by atoms with van der Waals surface area (Å²) in [6, 6.07) is 9.98. The van der Waals surface area contributed by atoms with Crippen LogP contribution in [0.25, 0.3) is 0 Å². The number of fused-ring (bicyclic) bond motifs is 1. The van der Waals surface area contributed by atoms with E-state index in [4.69, 9.17) is 5.73 Å². The second-order valence-electron chi connectivity index (χ2n) is 7.15. The Hall–Kier alpha value is -1.40. The van der Waals surface area contributed by atoms with E-state index in [0.29, 0.717) is 31.3 Å². The van der Waals surface area contributed by atoms with Crippen LogP contribution in [-0.4, -0.2) is 49.9 Å². The van der Waals surface area contributed by atoms with Crippen LogP contribution >= 0.6 is 0 Å². The summed E-state index contributed by atoms with van der Waals surface area (Å²) in [5.74, 6) is 0.264. The van der Waals surface area contributed by atoms with Gasteiger partial charge in [0.2, 0.25) is 5.91 Å². The van der Waals surface area contributed by atoms with Crippen LogP contribution in [0.5, 0.6) is 0 Å². The average Bonchev–Trinajstić information content (AvgIpc) is 3.10. The van der Waals surface area contributed by atoms with Crippen LogP contribution in [0.1, 0.15) is 24.8 Å². The normalized spacial score (nSPS) is 26.5. The predicted octanol–water partition coefficient (Wildman–Crippen LogP) is 1.23. The van der Waals surface area contributed by atoms with Gasteiger partial charge in [-0.25, -0.2) is 8.42 Å². The Morgan fingerprint density at radius 1 is 1.17 bits per heavy atom. The van der Waals surface area contributed by atoms with E-state index in [9.17, 15) is 13.2 Å². The van der Waals surface area contributed by atoms with Gasteiger partial charge < -0.3 is 10.6 Å². The van der Waals surface area contributed by atoms with Crippen molar-refractivity contribution in [3.8, 4) is 0 Å². The van der Waals surface area contributed by atoms with E-state index in [1.165, 1.54) is 0 Å². The molecule has 0 bridgehead atoms. The molecule has 2 fully saturated rings. The first kappa shape index (κ1) is 17.4. The minimum absolute atomic E-state index is 0.0633. The topological polar surface area (TPSA) is 80.5 Å². The highest BCUT2D eigenvalue weighted by molar-refractivity contribution is 7.92. The molecule has 24 heavy (non-hydrogen) atoms. The van der Waals surface area contributed by atoms with Crippen molar-refractivity contribution < 1.29 is 13.2 Å². The molecule has 3 rings (SSSR count). The monoisotopic (exact) mass is 350 g/mol. The fraction of sp³-hybridized carbons (Fsp3) is 0.611. The summed E-state index contributed by atoms with van der Waals surface area (Å²) in [6.07, 6.45) is 3.35. The quantitative estimate of drug-likeness (QED) is 0.837. The number of carbonyl (C=O) groups is 1. The molecule has 1 heterocycles. The molecule has 132 valence electrons. The van der Waals surface area contributed by atoms with E-state index in [-0.39, 0.29) is 23.5 Å². The van der Waals surface area contributed by atoms with Crippen LogP contribution in [0.4, 0.5) is 0 Å². The molecular formula is C18H26N2O3S. The van der Waals surface area contributed by atoms with E-state index >= 15 is 0 Å². The Kier molecular flexibility index (Phi) is 5.25. The number of likely N-dealkylation sites (tertiary alicyclic amines) is 1. The van der Waals surface area contributed by atoms with Crippen molar-refractivity contribution in [2.24, 2.45) is 17.6 Å². The Morgan fingerprint density at radius 2 is 1.92 bits per heavy atom. The van der Waals surface area contributed by atoms with E-state index in [1.54, 1.807) is 4.90 Å². The van der Waals surface area contributed by atoms with Crippen molar-refractivity contribution in [1.82, 2.24) is 4.90 Å². The first-order chi connectivity index (χ1) is 11.4. The van der Waals surface area contributed by atoms with Crippen molar-refractivity contribution in [2.45, 2.75) is 31.7 Å². The number of rotatable bonds is 6. The van der Waals surface area contributed by atoms with Crippen LogP contribution in [0.15, 0.2) is 30.3 Å². The number of benzene rings is 1. The van der Waals surface area contributed by atoms with Gasteiger partial charge in [0.05, 0.1) is 5.75 Å². The molecule has 0 spiro atoms. The molecular weight excluding hydrogens is 324 g/mol. The van der Waals surface area contributed by atoms with Crippen molar-refractivity contribution in [1.29, 1.82) is 0 Å². The summed E-state index contributed by atoms with van der Waals surface area (Å²) in [5, 5.41) is 0. The summed E-state index contributed by atoms with van der Waals surface area (Å²) < 4.78 is 24.5. The van der Waals surface area contributed by atoms with Crippen LogP contribution < -0.4 is 5.73 Å². The number of nitrogens with two attached hydrogens (primary N) is 1. The summed E-state index contributed by atoms with van der Waals surface area (Å²) in [4.78, 5) is 14.0. The second kappa shape index (κ2) is 7.23. The number of hydrogen-bond donors (Lipinski definition) is 1. The molecule has 1 aromatic carbocycles. The van der Waals surface area contributed by atoms with Gasteiger partial charge in [0.1, 0.15) is 5.75 Å². The molecule has 5 nitrogen and oxygen atoms in total. The van der Waals surface area contributed by atoms with E-state index < -0.39 is 9.84 Å². The molecule has 1 aromatic rings. The lowest BCUT2D eigenvalue weighted by Crippen LogP contribution is -2.37. The molecule has 6 heteroatoms. The SMILES string of the molecule is NC1CCC2CN(C(=O)CS(=O)(=O)CCCc3ccccc3)CC12. The van der Waals surface area contributed by atoms with Crippen LogP contribution in [0, 0.1) is 11.8 Å². The van der Waals surface area contributed by atoms with Gasteiger partial charge in [0.25, 0.3) is 0 Å². The van der Waals surface area contributed by atoms with Gasteiger partial charge in [-0.1, -0.05) is 30.3 Å². The molecule has 2 N–H and O–H groups in total. The molecule has 1 aliphatic heterocycles. The highest BCUT2D eigenvalue weighted by Gasteiger charge is 2.42. The van der Waals surface area contributed by atoms with Gasteiger partial charge in [-0.05, 0) is 43.1 Å². The number of nitrogens with zero attached hydrogens (tertiary/aromatic N) is 1. The van der Waals surface area contributed by atoms with E-state index in [1.807, 2.05) is 30.3 Å². The molecule has 3 unspecified atom stereocenters. The Morgan fingerprint density at radius 3 is 2.62 bits per heavy atom. The molecule has 2 aliphatic rings. The Bertz CT molecular complexity index is 675. The van der Waals surface area contributed by atoms with Gasteiger partial charge in [-0.3, -0.25) is 4.79 Å². The second-order valence-corrected chi connectivity index (χ2v) is 9.33. The summed E-state index contributed by atoms with van der Waals surface area (Å²) in [6.45, 7) is 1.31. The molecule has 1 saturated heterocycles. The van der Waals surface area contributed by atoms with Gasteiger partial charge in [-0.15, -0.1) is 0 Å². The number of sulfone groups is 1. The maximum Gasteiger partial charge on any atom is 0.237 e. The Balaban J connectivity index is 1.47. The largest absolute Gasteiger partial charge is 0.341 e. The third kappa shape index (κ3) is 4.16. The van der Waals surface area contributed by atoms with Crippen molar-refractivity contribution >= 4 is 15.7 Å². The smallest absolute Gasteiger partial charge is 0.237 e. The van der Waals surface area contributed by atoms with E-state index in [0.717, 1.165) is 24.8 Å². The van der Waals surface area contributed by atoms with E-state index in [2.05, 4.69) is 0 Å². The number of hydrogen-bond acceptors (Lipinski definition) is 4. The first-order valence-corrected chi connectivity index (χ1v) is 10.5. The first-order valence-electron chi connectivity index (χ1n) is 8.72. The summed E-state index contributed by atoms with van der Waals surface area (Å²) in [5.41, 5.74) is 7.20. The molecule has 1 aliphatic carbocycles. The number of carbonyl (C=O) groups excluding carboxylic acids is 1. The highest BCUT2D eigenvalue weighted by Crippen LogP contribution is 2.37. The number of amides is 1. The standard InChI is InChI=1S/C18H26N2O3S/c19-17-9-8-15-11-20(12-16(15)17)18(21)13-24(22,23)10-4-7-14-5-2-1-3-6-14/h1-3,5-6,15-17H,4,7-13,19H2. The zero-order valence-corrected chi connectivity index (χ0v) is 14.7. The lowest BCUT2D eigenvalue weighted by Gasteiger charge is -2.18. The zero-order chi connectivity index (χ0) is 17.2. The van der Waals surface area contributed by atoms with Crippen LogP contribution in [-0.2, 0) is 21.1 Å². The minimum Gasteiger partial charge on any atom is -0.341 e. The maximum absolute atomic E-state index is 12.3. The fourth-order valence-corrected chi connectivity index (χ4v) is 5.29. The van der Waals surface area contributed by atoms with Gasteiger partial charge in [0.15, 0.2) is 9.84 Å². The van der Waals surface area contributed by atoms with Crippen LogP contribution in [0.3, 0.4) is 0 Å². The molecule has 1 amide bonds. The summed E-state index contributed by atoms with van der Waals surface area (Å²) >= 11 is 0. The van der Waals surface area contributed by atoms with Crippen molar-refractivity contribution in [2.75, 3.05) is 24.6 Å². The molecule has 0 radical (unpaired) electrons. The minimum atomic E-state index is -3.35. The third-order valence-electron chi connectivity index (χ3n) is 5.37. The lowest BCUT2D eigenvalue weighted by molar-refractivity contribution is -0.127.